The van der Waals surface area contributed by atoms with Crippen molar-refractivity contribution in [2.45, 2.75) is 26.2 Å². The maximum absolute atomic E-state index is 11.6. The largest absolute Gasteiger partial charge is 0.355 e. The van der Waals surface area contributed by atoms with Gasteiger partial charge in [-0.3, -0.25) is 4.72 Å². The topological polar surface area (TPSA) is 75.2 Å². The molecule has 0 unspecified atom stereocenters. The molecule has 2 heterocycles. The van der Waals surface area contributed by atoms with Crippen molar-refractivity contribution in [3.05, 3.63) is 48.0 Å². The standard InChI is InChI=1S/C18H24N4O2S/c1-2-25(23,24)21-17-8-9-18(20-19-17)22-12-10-16(11-13-22)14-15-6-4-3-5-7-15/h3-9,16H,2,10-14H2,1H3,(H,19,21). The maximum atomic E-state index is 11.6. The minimum Gasteiger partial charge on any atom is -0.355 e. The van der Waals surface area contributed by atoms with Gasteiger partial charge in [0.15, 0.2) is 11.6 Å². The monoisotopic (exact) mass is 360 g/mol. The number of hydrogen-bond acceptors (Lipinski definition) is 5. The first kappa shape index (κ1) is 17.7. The number of rotatable bonds is 6. The van der Waals surface area contributed by atoms with Crippen molar-refractivity contribution in [1.29, 1.82) is 0 Å². The third kappa shape index (κ3) is 4.92. The van der Waals surface area contributed by atoms with Crippen molar-refractivity contribution in [1.82, 2.24) is 10.2 Å². The minimum atomic E-state index is -3.31. The van der Waals surface area contributed by atoms with E-state index < -0.39 is 10.0 Å². The Morgan fingerprint density at radius 2 is 1.80 bits per heavy atom. The van der Waals surface area contributed by atoms with Crippen LogP contribution in [0.3, 0.4) is 0 Å². The molecule has 0 radical (unpaired) electrons. The highest BCUT2D eigenvalue weighted by Gasteiger charge is 2.21. The molecule has 0 amide bonds. The van der Waals surface area contributed by atoms with Crippen molar-refractivity contribution in [3.63, 3.8) is 0 Å². The highest BCUT2D eigenvalue weighted by molar-refractivity contribution is 7.92. The highest BCUT2D eigenvalue weighted by Crippen LogP contribution is 2.24. The highest BCUT2D eigenvalue weighted by atomic mass is 32.2. The van der Waals surface area contributed by atoms with Gasteiger partial charge < -0.3 is 4.90 Å². The van der Waals surface area contributed by atoms with Crippen LogP contribution in [0, 0.1) is 5.92 Å². The van der Waals surface area contributed by atoms with E-state index in [2.05, 4.69) is 50.2 Å². The summed E-state index contributed by atoms with van der Waals surface area (Å²) in [7, 11) is -3.31. The number of hydrogen-bond donors (Lipinski definition) is 1. The zero-order valence-electron chi connectivity index (χ0n) is 14.4. The molecule has 1 aliphatic rings. The van der Waals surface area contributed by atoms with Crippen molar-refractivity contribution in [2.24, 2.45) is 5.92 Å². The number of sulfonamides is 1. The number of anilines is 2. The second-order valence-corrected chi connectivity index (χ2v) is 8.41. The van der Waals surface area contributed by atoms with Crippen LogP contribution in [0.1, 0.15) is 25.3 Å². The molecule has 0 atom stereocenters. The molecule has 1 aromatic carbocycles. The van der Waals surface area contributed by atoms with E-state index in [0.29, 0.717) is 5.92 Å². The molecule has 1 saturated heterocycles. The Morgan fingerprint density at radius 1 is 1.08 bits per heavy atom. The fourth-order valence-corrected chi connectivity index (χ4v) is 3.67. The quantitative estimate of drug-likeness (QED) is 0.857. The van der Waals surface area contributed by atoms with E-state index in [4.69, 9.17) is 0 Å². The Labute approximate surface area is 149 Å². The van der Waals surface area contributed by atoms with Gasteiger partial charge in [0.25, 0.3) is 0 Å². The Hall–Kier alpha value is -2.15. The summed E-state index contributed by atoms with van der Waals surface area (Å²) in [5, 5.41) is 8.17. The first-order valence-electron chi connectivity index (χ1n) is 8.69. The summed E-state index contributed by atoms with van der Waals surface area (Å²) < 4.78 is 25.5. The van der Waals surface area contributed by atoms with Crippen LogP contribution in [0.4, 0.5) is 11.6 Å². The summed E-state index contributed by atoms with van der Waals surface area (Å²) in [5.74, 6) is 1.79. The maximum Gasteiger partial charge on any atom is 0.233 e. The van der Waals surface area contributed by atoms with E-state index in [0.717, 1.165) is 38.2 Å². The lowest BCUT2D eigenvalue weighted by Crippen LogP contribution is -2.35. The molecule has 0 spiro atoms. The number of piperidine rings is 1. The smallest absolute Gasteiger partial charge is 0.233 e. The van der Waals surface area contributed by atoms with Gasteiger partial charge in [-0.15, -0.1) is 10.2 Å². The predicted molar refractivity (Wildman–Crippen MR) is 100 cm³/mol. The average molecular weight is 360 g/mol. The summed E-state index contributed by atoms with van der Waals surface area (Å²) in [5.41, 5.74) is 1.40. The number of benzene rings is 1. The van der Waals surface area contributed by atoms with Gasteiger partial charge in [-0.25, -0.2) is 8.42 Å². The van der Waals surface area contributed by atoms with Crippen LogP contribution in [0.2, 0.25) is 0 Å². The van der Waals surface area contributed by atoms with Gasteiger partial charge in [-0.05, 0) is 49.8 Å². The second kappa shape index (κ2) is 7.82. The molecule has 0 bridgehead atoms. The fraction of sp³-hybridized carbons (Fsp3) is 0.444. The molecular formula is C18H24N4O2S. The van der Waals surface area contributed by atoms with E-state index >= 15 is 0 Å². The number of nitrogens with one attached hydrogen (secondary N) is 1. The molecule has 1 N–H and O–H groups in total. The molecule has 1 aliphatic heterocycles. The Morgan fingerprint density at radius 3 is 2.40 bits per heavy atom. The summed E-state index contributed by atoms with van der Waals surface area (Å²) in [6.07, 6.45) is 3.37. The van der Waals surface area contributed by atoms with Gasteiger partial charge in [0.05, 0.1) is 5.75 Å². The van der Waals surface area contributed by atoms with E-state index in [1.54, 1.807) is 13.0 Å². The molecular weight excluding hydrogens is 336 g/mol. The predicted octanol–water partition coefficient (Wildman–Crippen LogP) is 2.70. The van der Waals surface area contributed by atoms with Gasteiger partial charge in [0.2, 0.25) is 10.0 Å². The van der Waals surface area contributed by atoms with Crippen molar-refractivity contribution < 1.29 is 8.42 Å². The van der Waals surface area contributed by atoms with Gasteiger partial charge in [0.1, 0.15) is 0 Å². The lowest BCUT2D eigenvalue weighted by Gasteiger charge is -2.32. The third-order valence-electron chi connectivity index (χ3n) is 4.60. The first-order valence-corrected chi connectivity index (χ1v) is 10.3. The van der Waals surface area contributed by atoms with Gasteiger partial charge in [-0.1, -0.05) is 30.3 Å². The van der Waals surface area contributed by atoms with Gasteiger partial charge in [-0.2, -0.15) is 0 Å². The molecule has 134 valence electrons. The second-order valence-electron chi connectivity index (χ2n) is 6.40. The van der Waals surface area contributed by atoms with Crippen molar-refractivity contribution in [2.75, 3.05) is 28.5 Å². The lowest BCUT2D eigenvalue weighted by molar-refractivity contribution is 0.402. The van der Waals surface area contributed by atoms with Crippen LogP contribution in [-0.2, 0) is 16.4 Å². The molecule has 3 rings (SSSR count). The molecule has 25 heavy (non-hydrogen) atoms. The normalized spacial score (nSPS) is 16.0. The summed E-state index contributed by atoms with van der Waals surface area (Å²) in [4.78, 5) is 2.21. The average Bonchev–Trinajstić information content (AvgIpc) is 2.64. The molecule has 1 fully saturated rings. The third-order valence-corrected chi connectivity index (χ3v) is 5.88. The number of nitrogens with zero attached hydrogens (tertiary/aromatic N) is 3. The van der Waals surface area contributed by atoms with Crippen LogP contribution >= 0.6 is 0 Å². The van der Waals surface area contributed by atoms with E-state index in [-0.39, 0.29) is 11.6 Å². The summed E-state index contributed by atoms with van der Waals surface area (Å²) >= 11 is 0. The zero-order valence-corrected chi connectivity index (χ0v) is 15.2. The molecule has 2 aromatic rings. The van der Waals surface area contributed by atoms with Crippen LogP contribution in [0.5, 0.6) is 0 Å². The molecule has 6 nitrogen and oxygen atoms in total. The Balaban J connectivity index is 1.54. The van der Waals surface area contributed by atoms with Crippen molar-refractivity contribution >= 4 is 21.7 Å². The van der Waals surface area contributed by atoms with Crippen LogP contribution in [0.15, 0.2) is 42.5 Å². The van der Waals surface area contributed by atoms with Crippen LogP contribution < -0.4 is 9.62 Å². The van der Waals surface area contributed by atoms with Gasteiger partial charge in [0, 0.05) is 13.1 Å². The minimum absolute atomic E-state index is 0.0192. The summed E-state index contributed by atoms with van der Waals surface area (Å²) in [6, 6.07) is 14.1. The summed E-state index contributed by atoms with van der Waals surface area (Å²) in [6.45, 7) is 3.49. The fourth-order valence-electron chi connectivity index (χ4n) is 3.09. The lowest BCUT2D eigenvalue weighted by atomic mass is 9.90. The number of aromatic nitrogens is 2. The van der Waals surface area contributed by atoms with E-state index in [9.17, 15) is 8.42 Å². The Kier molecular flexibility index (Phi) is 5.53. The van der Waals surface area contributed by atoms with Crippen LogP contribution in [0.25, 0.3) is 0 Å². The molecule has 0 aliphatic carbocycles. The van der Waals surface area contributed by atoms with Gasteiger partial charge >= 0.3 is 0 Å². The SMILES string of the molecule is CCS(=O)(=O)Nc1ccc(N2CCC(Cc3ccccc3)CC2)nn1. The van der Waals surface area contributed by atoms with E-state index in [1.807, 2.05) is 6.07 Å². The first-order chi connectivity index (χ1) is 12.1. The van der Waals surface area contributed by atoms with Crippen LogP contribution in [-0.4, -0.2) is 37.5 Å². The molecule has 0 saturated carbocycles. The van der Waals surface area contributed by atoms with Crippen molar-refractivity contribution in [3.8, 4) is 0 Å². The molecule has 7 heteroatoms. The van der Waals surface area contributed by atoms with E-state index in [1.165, 1.54) is 5.56 Å². The molecule has 1 aromatic heterocycles. The zero-order chi connectivity index (χ0) is 17.7. The Bertz CT molecular complexity index is 770.